The van der Waals surface area contributed by atoms with E-state index in [1.165, 1.54) is 13.2 Å². The lowest BCUT2D eigenvalue weighted by Crippen LogP contribution is -2.50. The Balaban J connectivity index is 1.42. The van der Waals surface area contributed by atoms with Crippen LogP contribution in [0.4, 0.5) is 0 Å². The minimum Gasteiger partial charge on any atom is -0.469 e. The highest BCUT2D eigenvalue weighted by atomic mass is 32.2. The summed E-state index contributed by atoms with van der Waals surface area (Å²) in [5.41, 5.74) is 0.952. The van der Waals surface area contributed by atoms with E-state index in [0.717, 1.165) is 43.4 Å². The second kappa shape index (κ2) is 16.6. The molecule has 0 bridgehead atoms. The molecule has 1 N–H and O–H groups in total. The van der Waals surface area contributed by atoms with E-state index in [0.29, 0.717) is 13.0 Å². The molecule has 0 aromatic rings. The first-order valence-corrected chi connectivity index (χ1v) is 16.5. The molecule has 0 radical (unpaired) electrons. The van der Waals surface area contributed by atoms with Crippen molar-refractivity contribution in [3.8, 4) is 0 Å². The van der Waals surface area contributed by atoms with Crippen LogP contribution in [0, 0.1) is 5.92 Å². The van der Waals surface area contributed by atoms with Gasteiger partial charge >= 0.3 is 11.9 Å². The molecule has 10 heteroatoms. The summed E-state index contributed by atoms with van der Waals surface area (Å²) >= 11 is 1.70. The average molecular weight is 608 g/mol. The number of ether oxygens (including phenoxy) is 5. The highest BCUT2D eigenvalue weighted by Crippen LogP contribution is 2.43. The number of esters is 2. The summed E-state index contributed by atoms with van der Waals surface area (Å²) in [6, 6.07) is -0.0962. The van der Waals surface area contributed by atoms with Crippen LogP contribution in [0.3, 0.4) is 0 Å². The van der Waals surface area contributed by atoms with Gasteiger partial charge in [0.15, 0.2) is 0 Å². The van der Waals surface area contributed by atoms with Gasteiger partial charge in [-0.3, -0.25) is 14.4 Å². The Bertz CT molecular complexity index is 1010. The zero-order valence-electron chi connectivity index (χ0n) is 26.0. The van der Waals surface area contributed by atoms with Crippen LogP contribution in [-0.2, 0) is 38.1 Å². The molecule has 0 aromatic heterocycles. The van der Waals surface area contributed by atoms with Gasteiger partial charge in [0, 0.05) is 25.3 Å². The van der Waals surface area contributed by atoms with Crippen LogP contribution in [-0.4, -0.2) is 85.7 Å². The number of hydrogen-bond donors (Lipinski definition) is 1. The number of carbonyl (C=O) groups is 3. The van der Waals surface area contributed by atoms with Gasteiger partial charge in [0.25, 0.3) is 0 Å². The van der Waals surface area contributed by atoms with E-state index in [9.17, 15) is 14.4 Å². The summed E-state index contributed by atoms with van der Waals surface area (Å²) in [6.45, 7) is 8.66. The first-order chi connectivity index (χ1) is 20.0. The quantitative estimate of drug-likeness (QED) is 0.0988. The summed E-state index contributed by atoms with van der Waals surface area (Å²) in [5, 5.41) is 3.05. The monoisotopic (exact) mass is 607 g/mol. The lowest BCUT2D eigenvalue weighted by Gasteiger charge is -2.39. The molecule has 1 spiro atoms. The van der Waals surface area contributed by atoms with Crippen LogP contribution in [0.5, 0.6) is 0 Å². The van der Waals surface area contributed by atoms with Crippen LogP contribution in [0.2, 0.25) is 0 Å². The molecule has 236 valence electrons. The normalized spacial score (nSPS) is 32.2. The van der Waals surface area contributed by atoms with Crippen molar-refractivity contribution in [3.05, 3.63) is 36.0 Å². The number of hydrogen-bond acceptors (Lipinski definition) is 9. The number of nitrogens with one attached hydrogen (secondary N) is 1. The molecule has 0 unspecified atom stereocenters. The van der Waals surface area contributed by atoms with Crippen molar-refractivity contribution < 1.29 is 38.1 Å². The predicted molar refractivity (Wildman–Crippen MR) is 163 cm³/mol. The molecule has 3 heterocycles. The number of rotatable bonds is 14. The second-order valence-corrected chi connectivity index (χ2v) is 12.8. The van der Waals surface area contributed by atoms with Gasteiger partial charge in [-0.05, 0) is 64.0 Å². The van der Waals surface area contributed by atoms with Gasteiger partial charge in [-0.2, -0.15) is 11.8 Å². The minimum atomic E-state index is -0.459. The van der Waals surface area contributed by atoms with Crippen molar-refractivity contribution in [2.45, 2.75) is 115 Å². The number of carbonyl (C=O) groups excluding carboxylic acids is 3. The Kier molecular flexibility index (Phi) is 13.6. The van der Waals surface area contributed by atoms with Gasteiger partial charge in [-0.1, -0.05) is 30.7 Å². The molecule has 8 atom stereocenters. The molecule has 3 aliphatic heterocycles. The summed E-state index contributed by atoms with van der Waals surface area (Å²) in [6.07, 6.45) is 15.0. The van der Waals surface area contributed by atoms with E-state index in [1.54, 1.807) is 24.8 Å². The highest BCUT2D eigenvalue weighted by Gasteiger charge is 2.51. The lowest BCUT2D eigenvalue weighted by atomic mass is 9.88. The molecule has 3 rings (SSSR count). The maximum atomic E-state index is 12.5. The third-order valence-electron chi connectivity index (χ3n) is 8.07. The topological polar surface area (TPSA) is 113 Å². The Morgan fingerprint density at radius 1 is 1.14 bits per heavy atom. The van der Waals surface area contributed by atoms with Crippen LogP contribution in [0.15, 0.2) is 36.0 Å². The zero-order valence-corrected chi connectivity index (χ0v) is 26.8. The smallest absolute Gasteiger partial charge is 0.308 e. The molecule has 1 amide bonds. The van der Waals surface area contributed by atoms with Crippen LogP contribution < -0.4 is 5.32 Å². The van der Waals surface area contributed by atoms with Crippen molar-refractivity contribution in [1.29, 1.82) is 0 Å². The van der Waals surface area contributed by atoms with Gasteiger partial charge in [0.05, 0.1) is 56.2 Å². The minimum absolute atomic E-state index is 0.0519. The third-order valence-corrected chi connectivity index (χ3v) is 8.77. The first-order valence-electron chi connectivity index (χ1n) is 15.1. The standard InChI is InChI=1S/C32H49NO8S/c1-21(9-12-25-18-32(20-38-32)19-26(41-25)17-31(36)37-5)10-13-28-22(2)16-27(24(4)40-28)33-29(34)14-11-23(3)39-30(35)8-7-15-42-6/h9-12,14,22-28H,7-8,13,15-20H2,1-6H3,(H,33,34)/t22-,23-,24+,25+,26+,27+,28-,32+/m0/s1. The van der Waals surface area contributed by atoms with Gasteiger partial charge in [-0.25, -0.2) is 0 Å². The molecule has 3 saturated heterocycles. The summed E-state index contributed by atoms with van der Waals surface area (Å²) in [7, 11) is 1.39. The largest absolute Gasteiger partial charge is 0.469 e. The summed E-state index contributed by atoms with van der Waals surface area (Å²) in [4.78, 5) is 36.2. The Hall–Kier alpha value is -2.14. The number of thioether (sulfide) groups is 1. The van der Waals surface area contributed by atoms with E-state index >= 15 is 0 Å². The van der Waals surface area contributed by atoms with E-state index in [2.05, 4.69) is 37.4 Å². The SMILES string of the molecule is COC(=O)C[C@@H]1C[C@@]2(CO2)C[C@@H](C=CC(C)=CC[C@@H]2O[C@H](C)[C@H](NC(=O)C=C[C@H](C)OC(=O)CCCSC)C[C@@H]2C)O1. The number of amides is 1. The molecular weight excluding hydrogens is 558 g/mol. The average Bonchev–Trinajstić information content (AvgIpc) is 3.68. The zero-order chi connectivity index (χ0) is 30.7. The molecule has 3 fully saturated rings. The van der Waals surface area contributed by atoms with E-state index in [-0.39, 0.29) is 66.2 Å². The molecule has 9 nitrogen and oxygen atoms in total. The number of allylic oxidation sites excluding steroid dienone is 2. The molecule has 0 aromatic carbocycles. The maximum absolute atomic E-state index is 12.5. The molecule has 3 aliphatic rings. The van der Waals surface area contributed by atoms with Crippen LogP contribution >= 0.6 is 11.8 Å². The fourth-order valence-electron chi connectivity index (χ4n) is 5.51. The van der Waals surface area contributed by atoms with Crippen molar-refractivity contribution in [2.24, 2.45) is 5.92 Å². The maximum Gasteiger partial charge on any atom is 0.308 e. The Morgan fingerprint density at radius 2 is 1.90 bits per heavy atom. The van der Waals surface area contributed by atoms with Gasteiger partial charge in [-0.15, -0.1) is 0 Å². The first kappa shape index (κ1) is 34.4. The second-order valence-electron chi connectivity index (χ2n) is 11.9. The molecular formula is C32H49NO8S. The van der Waals surface area contributed by atoms with E-state index < -0.39 is 6.10 Å². The summed E-state index contributed by atoms with van der Waals surface area (Å²) in [5.74, 6) is 0.448. The third kappa shape index (κ3) is 11.5. The molecule has 0 saturated carbocycles. The van der Waals surface area contributed by atoms with E-state index in [4.69, 9.17) is 23.7 Å². The van der Waals surface area contributed by atoms with E-state index in [1.807, 2.05) is 13.2 Å². The van der Waals surface area contributed by atoms with Crippen molar-refractivity contribution in [1.82, 2.24) is 5.32 Å². The Labute approximate surface area is 255 Å². The molecule has 42 heavy (non-hydrogen) atoms. The Morgan fingerprint density at radius 3 is 2.60 bits per heavy atom. The number of epoxide rings is 1. The highest BCUT2D eigenvalue weighted by molar-refractivity contribution is 7.98. The van der Waals surface area contributed by atoms with Crippen LogP contribution in [0.25, 0.3) is 0 Å². The van der Waals surface area contributed by atoms with Crippen LogP contribution in [0.1, 0.15) is 72.6 Å². The molecule has 0 aliphatic carbocycles. The van der Waals surface area contributed by atoms with Gasteiger partial charge < -0.3 is 29.0 Å². The van der Waals surface area contributed by atoms with Crippen molar-refractivity contribution >= 4 is 29.6 Å². The summed E-state index contributed by atoms with van der Waals surface area (Å²) < 4.78 is 28.3. The predicted octanol–water partition coefficient (Wildman–Crippen LogP) is 4.69. The fraction of sp³-hybridized carbons (Fsp3) is 0.719. The lowest BCUT2D eigenvalue weighted by molar-refractivity contribution is -0.147. The number of methoxy groups -OCH3 is 1. The van der Waals surface area contributed by atoms with Gasteiger partial charge in [0.2, 0.25) is 5.91 Å². The van der Waals surface area contributed by atoms with Gasteiger partial charge in [0.1, 0.15) is 6.10 Å². The fourth-order valence-corrected chi connectivity index (χ4v) is 5.94. The van der Waals surface area contributed by atoms with Crippen molar-refractivity contribution in [3.63, 3.8) is 0 Å². The van der Waals surface area contributed by atoms with Crippen molar-refractivity contribution in [2.75, 3.05) is 25.7 Å².